The highest BCUT2D eigenvalue weighted by Crippen LogP contribution is 2.28. The molecule has 134 valence electrons. The number of aryl methyl sites for hydroxylation is 1. The number of thioether (sulfide) groups is 1. The van der Waals surface area contributed by atoms with Crippen molar-refractivity contribution in [3.63, 3.8) is 0 Å². The molecule has 3 rings (SSSR count). The molecule has 1 amide bonds. The number of anilines is 1. The van der Waals surface area contributed by atoms with E-state index in [0.29, 0.717) is 6.42 Å². The van der Waals surface area contributed by atoms with E-state index >= 15 is 0 Å². The molecule has 5 nitrogen and oxygen atoms in total. The summed E-state index contributed by atoms with van der Waals surface area (Å²) >= 11 is 1.44. The fourth-order valence-corrected chi connectivity index (χ4v) is 3.48. The van der Waals surface area contributed by atoms with E-state index in [4.69, 9.17) is 0 Å². The molecule has 26 heavy (non-hydrogen) atoms. The zero-order valence-electron chi connectivity index (χ0n) is 15.1. The minimum Gasteiger partial charge on any atom is -0.325 e. The van der Waals surface area contributed by atoms with Crippen molar-refractivity contribution in [1.82, 2.24) is 14.8 Å². The van der Waals surface area contributed by atoms with Gasteiger partial charge in [0.1, 0.15) is 0 Å². The van der Waals surface area contributed by atoms with Crippen LogP contribution in [-0.4, -0.2) is 25.9 Å². The molecule has 0 aliphatic carbocycles. The molecular formula is C20H22N4OS. The Morgan fingerprint density at radius 3 is 2.46 bits per heavy atom. The Kier molecular flexibility index (Phi) is 5.73. The average molecular weight is 366 g/mol. The summed E-state index contributed by atoms with van der Waals surface area (Å²) in [4.78, 5) is 12.6. The summed E-state index contributed by atoms with van der Waals surface area (Å²) in [5.41, 5.74) is 3.02. The molecule has 0 saturated heterocycles. The number of nitrogens with zero attached hydrogens (tertiary/aromatic N) is 3. The van der Waals surface area contributed by atoms with Gasteiger partial charge in [0.25, 0.3) is 0 Å². The minimum atomic E-state index is -0.232. The molecular weight excluding hydrogens is 344 g/mol. The number of hydrogen-bond donors (Lipinski definition) is 1. The SMILES string of the molecule is CC[C@H](Sc1nnc(-c2ccc(C)cc2)n1C)C(=O)Nc1ccccc1. The number of amides is 1. The highest BCUT2D eigenvalue weighted by atomic mass is 32.2. The molecule has 0 spiro atoms. The Bertz CT molecular complexity index is 875. The lowest BCUT2D eigenvalue weighted by Crippen LogP contribution is -2.24. The monoisotopic (exact) mass is 366 g/mol. The topological polar surface area (TPSA) is 59.8 Å². The lowest BCUT2D eigenvalue weighted by Gasteiger charge is -2.14. The van der Waals surface area contributed by atoms with Crippen molar-refractivity contribution in [2.24, 2.45) is 7.05 Å². The zero-order valence-corrected chi connectivity index (χ0v) is 16.0. The van der Waals surface area contributed by atoms with Crippen LogP contribution in [0.2, 0.25) is 0 Å². The van der Waals surface area contributed by atoms with Gasteiger partial charge in [-0.2, -0.15) is 0 Å². The van der Waals surface area contributed by atoms with Gasteiger partial charge < -0.3 is 9.88 Å². The number of para-hydroxylation sites is 1. The van der Waals surface area contributed by atoms with E-state index in [9.17, 15) is 4.79 Å². The summed E-state index contributed by atoms with van der Waals surface area (Å²) in [6.07, 6.45) is 0.704. The molecule has 3 aromatic rings. The lowest BCUT2D eigenvalue weighted by atomic mass is 10.1. The number of benzene rings is 2. The summed E-state index contributed by atoms with van der Waals surface area (Å²) in [7, 11) is 1.93. The van der Waals surface area contributed by atoms with Crippen LogP contribution in [0.1, 0.15) is 18.9 Å². The van der Waals surface area contributed by atoms with Gasteiger partial charge in [-0.1, -0.05) is 66.7 Å². The maximum absolute atomic E-state index is 12.6. The van der Waals surface area contributed by atoms with Crippen LogP contribution in [0.25, 0.3) is 11.4 Å². The number of aromatic nitrogens is 3. The molecule has 2 aromatic carbocycles. The number of carbonyl (C=O) groups excluding carboxylic acids is 1. The van der Waals surface area contributed by atoms with E-state index in [1.165, 1.54) is 17.3 Å². The molecule has 1 N–H and O–H groups in total. The summed E-state index contributed by atoms with van der Waals surface area (Å²) in [6.45, 7) is 4.05. The van der Waals surface area contributed by atoms with E-state index < -0.39 is 0 Å². The smallest absolute Gasteiger partial charge is 0.237 e. The molecule has 0 saturated carbocycles. The Morgan fingerprint density at radius 2 is 1.81 bits per heavy atom. The van der Waals surface area contributed by atoms with E-state index in [2.05, 4.69) is 34.6 Å². The Hall–Kier alpha value is -2.60. The van der Waals surface area contributed by atoms with Crippen molar-refractivity contribution >= 4 is 23.4 Å². The predicted molar refractivity (Wildman–Crippen MR) is 106 cm³/mol. The van der Waals surface area contributed by atoms with E-state index in [1.54, 1.807) is 0 Å². The van der Waals surface area contributed by atoms with Crippen molar-refractivity contribution in [3.05, 3.63) is 60.2 Å². The van der Waals surface area contributed by atoms with Crippen molar-refractivity contribution < 1.29 is 4.79 Å². The van der Waals surface area contributed by atoms with Crippen molar-refractivity contribution in [2.45, 2.75) is 30.7 Å². The summed E-state index contributed by atoms with van der Waals surface area (Å²) < 4.78 is 1.94. The molecule has 0 radical (unpaired) electrons. The van der Waals surface area contributed by atoms with Crippen LogP contribution in [0.4, 0.5) is 5.69 Å². The van der Waals surface area contributed by atoms with Gasteiger partial charge in [-0.05, 0) is 25.5 Å². The van der Waals surface area contributed by atoms with Crippen LogP contribution in [0, 0.1) is 6.92 Å². The molecule has 0 unspecified atom stereocenters. The predicted octanol–water partition coefficient (Wildman–Crippen LogP) is 4.30. The van der Waals surface area contributed by atoms with E-state index in [0.717, 1.165) is 22.2 Å². The van der Waals surface area contributed by atoms with Crippen LogP contribution in [0.15, 0.2) is 59.8 Å². The Balaban J connectivity index is 1.74. The van der Waals surface area contributed by atoms with Gasteiger partial charge in [0.2, 0.25) is 5.91 Å². The molecule has 1 heterocycles. The fraction of sp³-hybridized carbons (Fsp3) is 0.250. The van der Waals surface area contributed by atoms with Gasteiger partial charge in [-0.3, -0.25) is 4.79 Å². The molecule has 1 aromatic heterocycles. The number of rotatable bonds is 6. The number of carbonyl (C=O) groups is 1. The fourth-order valence-electron chi connectivity index (χ4n) is 2.57. The van der Waals surface area contributed by atoms with Crippen LogP contribution in [0.3, 0.4) is 0 Å². The Morgan fingerprint density at radius 1 is 1.12 bits per heavy atom. The Labute approximate surface area is 157 Å². The number of nitrogens with one attached hydrogen (secondary N) is 1. The van der Waals surface area contributed by atoms with Gasteiger partial charge >= 0.3 is 0 Å². The first-order chi connectivity index (χ1) is 12.6. The van der Waals surface area contributed by atoms with Crippen LogP contribution >= 0.6 is 11.8 Å². The first kappa shape index (κ1) is 18.2. The van der Waals surface area contributed by atoms with E-state index in [-0.39, 0.29) is 11.2 Å². The molecule has 0 bridgehead atoms. The van der Waals surface area contributed by atoms with Gasteiger partial charge in [-0.15, -0.1) is 10.2 Å². The van der Waals surface area contributed by atoms with Crippen molar-refractivity contribution in [1.29, 1.82) is 0 Å². The van der Waals surface area contributed by atoms with Crippen molar-refractivity contribution in [2.75, 3.05) is 5.32 Å². The van der Waals surface area contributed by atoms with Crippen LogP contribution in [-0.2, 0) is 11.8 Å². The second-order valence-electron chi connectivity index (χ2n) is 6.10. The van der Waals surface area contributed by atoms with Crippen molar-refractivity contribution in [3.8, 4) is 11.4 Å². The van der Waals surface area contributed by atoms with Crippen LogP contribution < -0.4 is 5.32 Å². The second kappa shape index (κ2) is 8.19. The van der Waals surface area contributed by atoms with E-state index in [1.807, 2.05) is 61.0 Å². The normalized spacial score (nSPS) is 12.0. The molecule has 0 aliphatic heterocycles. The quantitative estimate of drug-likeness (QED) is 0.661. The summed E-state index contributed by atoms with van der Waals surface area (Å²) in [5, 5.41) is 12.1. The highest BCUT2D eigenvalue weighted by Gasteiger charge is 2.22. The molecule has 1 atom stereocenters. The summed E-state index contributed by atoms with van der Waals surface area (Å²) in [5.74, 6) is 0.773. The molecule has 0 fully saturated rings. The third-order valence-electron chi connectivity index (χ3n) is 4.10. The first-order valence-corrected chi connectivity index (χ1v) is 9.45. The second-order valence-corrected chi connectivity index (χ2v) is 7.27. The van der Waals surface area contributed by atoms with Gasteiger partial charge in [0.05, 0.1) is 5.25 Å². The lowest BCUT2D eigenvalue weighted by molar-refractivity contribution is -0.115. The maximum Gasteiger partial charge on any atom is 0.237 e. The summed E-state index contributed by atoms with van der Waals surface area (Å²) in [6, 6.07) is 17.7. The van der Waals surface area contributed by atoms with Gasteiger partial charge in [0, 0.05) is 18.3 Å². The third-order valence-corrected chi connectivity index (χ3v) is 5.50. The minimum absolute atomic E-state index is 0.0245. The van der Waals surface area contributed by atoms with Gasteiger partial charge in [0.15, 0.2) is 11.0 Å². The highest BCUT2D eigenvalue weighted by molar-refractivity contribution is 8.00. The maximum atomic E-state index is 12.6. The van der Waals surface area contributed by atoms with Gasteiger partial charge in [-0.25, -0.2) is 0 Å². The first-order valence-electron chi connectivity index (χ1n) is 8.57. The average Bonchev–Trinajstić information content (AvgIpc) is 3.01. The molecule has 0 aliphatic rings. The molecule has 6 heteroatoms. The third kappa shape index (κ3) is 4.14. The van der Waals surface area contributed by atoms with Crippen LogP contribution in [0.5, 0.6) is 0 Å². The number of hydrogen-bond acceptors (Lipinski definition) is 4. The standard InChI is InChI=1S/C20H22N4OS/c1-4-17(19(25)21-16-8-6-5-7-9-16)26-20-23-22-18(24(20)3)15-12-10-14(2)11-13-15/h5-13,17H,4H2,1-3H3,(H,21,25)/t17-/m0/s1. The zero-order chi connectivity index (χ0) is 18.5. The largest absolute Gasteiger partial charge is 0.325 e.